The minimum absolute atomic E-state index is 0.406. The van der Waals surface area contributed by atoms with E-state index in [0.29, 0.717) is 36.1 Å². The lowest BCUT2D eigenvalue weighted by atomic mass is 10.1. The van der Waals surface area contributed by atoms with Crippen molar-refractivity contribution in [2.24, 2.45) is 4.99 Å². The highest BCUT2D eigenvalue weighted by molar-refractivity contribution is 6.30. The van der Waals surface area contributed by atoms with Crippen LogP contribution in [0.1, 0.15) is 27.4 Å². The molecule has 0 aliphatic heterocycles. The van der Waals surface area contributed by atoms with Crippen LogP contribution in [-0.2, 0) is 17.7 Å². The zero-order chi connectivity index (χ0) is 18.2. The predicted octanol–water partition coefficient (Wildman–Crippen LogP) is 2.94. The first-order valence-corrected chi connectivity index (χ1v) is 8.28. The van der Waals surface area contributed by atoms with Crippen LogP contribution >= 0.6 is 11.6 Å². The van der Waals surface area contributed by atoms with Crippen molar-refractivity contribution in [1.82, 2.24) is 10.6 Å². The summed E-state index contributed by atoms with van der Waals surface area (Å²) in [5, 5.41) is 7.10. The van der Waals surface area contributed by atoms with Crippen LogP contribution in [0.15, 0.2) is 39.7 Å². The number of aliphatic imine (C=N–C) groups is 1. The standard InChI is InChI=1S/C18H22ClN3O3/c1-12-16(17(23)24-3)10-15(25-12)11-22-18(20-2)21-8-7-13-5-4-6-14(19)9-13/h4-6,9-10H,7-8,11H2,1-3H3,(H2,20,21,22). The molecule has 1 aromatic heterocycles. The molecule has 0 spiro atoms. The van der Waals surface area contributed by atoms with Gasteiger partial charge in [0.05, 0.1) is 13.7 Å². The fourth-order valence-electron chi connectivity index (χ4n) is 2.35. The highest BCUT2D eigenvalue weighted by Crippen LogP contribution is 2.15. The highest BCUT2D eigenvalue weighted by atomic mass is 35.5. The third kappa shape index (κ3) is 5.53. The van der Waals surface area contributed by atoms with E-state index in [9.17, 15) is 4.79 Å². The smallest absolute Gasteiger partial charge is 0.341 e. The Kier molecular flexibility index (Phi) is 6.89. The number of nitrogens with zero attached hydrogens (tertiary/aromatic N) is 1. The van der Waals surface area contributed by atoms with Crippen molar-refractivity contribution in [3.63, 3.8) is 0 Å². The van der Waals surface area contributed by atoms with Gasteiger partial charge < -0.3 is 19.8 Å². The number of rotatable bonds is 6. The van der Waals surface area contributed by atoms with Gasteiger partial charge in [-0.05, 0) is 37.1 Å². The number of carbonyl (C=O) groups excluding carboxylic acids is 1. The Balaban J connectivity index is 1.83. The van der Waals surface area contributed by atoms with Crippen molar-refractivity contribution < 1.29 is 13.9 Å². The molecule has 0 radical (unpaired) electrons. The molecule has 1 aromatic carbocycles. The second kappa shape index (κ2) is 9.13. The zero-order valence-electron chi connectivity index (χ0n) is 14.6. The monoisotopic (exact) mass is 363 g/mol. The van der Waals surface area contributed by atoms with Gasteiger partial charge >= 0.3 is 5.97 Å². The maximum Gasteiger partial charge on any atom is 0.341 e. The van der Waals surface area contributed by atoms with E-state index in [2.05, 4.69) is 15.6 Å². The van der Waals surface area contributed by atoms with E-state index in [1.807, 2.05) is 24.3 Å². The van der Waals surface area contributed by atoms with Crippen molar-refractivity contribution in [2.45, 2.75) is 19.9 Å². The van der Waals surface area contributed by atoms with E-state index in [1.54, 1.807) is 20.0 Å². The fourth-order valence-corrected chi connectivity index (χ4v) is 2.57. The highest BCUT2D eigenvalue weighted by Gasteiger charge is 2.15. The Morgan fingerprint density at radius 2 is 2.12 bits per heavy atom. The molecule has 134 valence electrons. The van der Waals surface area contributed by atoms with Gasteiger partial charge in [0.2, 0.25) is 0 Å². The molecule has 0 unspecified atom stereocenters. The van der Waals surface area contributed by atoms with Gasteiger partial charge in [-0.3, -0.25) is 4.99 Å². The van der Waals surface area contributed by atoms with Crippen LogP contribution in [0, 0.1) is 6.92 Å². The molecule has 0 atom stereocenters. The lowest BCUT2D eigenvalue weighted by molar-refractivity contribution is 0.0599. The van der Waals surface area contributed by atoms with Gasteiger partial charge in [0, 0.05) is 18.6 Å². The molecule has 0 bridgehead atoms. The minimum Gasteiger partial charge on any atom is -0.465 e. The molecule has 7 heteroatoms. The Bertz CT molecular complexity index is 756. The number of furan rings is 1. The largest absolute Gasteiger partial charge is 0.465 e. The first kappa shape index (κ1) is 18.9. The number of methoxy groups -OCH3 is 1. The lowest BCUT2D eigenvalue weighted by Gasteiger charge is -2.11. The van der Waals surface area contributed by atoms with E-state index in [0.717, 1.165) is 17.0 Å². The number of hydrogen-bond donors (Lipinski definition) is 2. The molecule has 25 heavy (non-hydrogen) atoms. The maximum atomic E-state index is 11.6. The van der Waals surface area contributed by atoms with Crippen LogP contribution < -0.4 is 10.6 Å². The van der Waals surface area contributed by atoms with E-state index in [1.165, 1.54) is 7.11 Å². The lowest BCUT2D eigenvalue weighted by Crippen LogP contribution is -2.37. The SMILES string of the molecule is CN=C(NCCc1cccc(Cl)c1)NCc1cc(C(=O)OC)c(C)o1. The summed E-state index contributed by atoms with van der Waals surface area (Å²) in [5.41, 5.74) is 1.59. The Morgan fingerprint density at radius 3 is 2.80 bits per heavy atom. The Morgan fingerprint density at radius 1 is 1.32 bits per heavy atom. The quantitative estimate of drug-likeness (QED) is 0.469. The molecule has 0 saturated heterocycles. The van der Waals surface area contributed by atoms with Crippen molar-refractivity contribution in [1.29, 1.82) is 0 Å². The van der Waals surface area contributed by atoms with Crippen LogP contribution in [-0.4, -0.2) is 32.6 Å². The summed E-state index contributed by atoms with van der Waals surface area (Å²) in [5.74, 6) is 1.41. The molecule has 0 fully saturated rings. The number of guanidine groups is 1. The van der Waals surface area contributed by atoms with Crippen molar-refractivity contribution in [3.8, 4) is 0 Å². The van der Waals surface area contributed by atoms with Crippen molar-refractivity contribution in [2.75, 3.05) is 20.7 Å². The summed E-state index contributed by atoms with van der Waals surface area (Å²) in [6, 6.07) is 9.44. The average molecular weight is 364 g/mol. The van der Waals surface area contributed by atoms with E-state index < -0.39 is 5.97 Å². The third-order valence-electron chi connectivity index (χ3n) is 3.62. The van der Waals surface area contributed by atoms with E-state index in [4.69, 9.17) is 20.8 Å². The number of aryl methyl sites for hydroxylation is 1. The third-order valence-corrected chi connectivity index (χ3v) is 3.86. The zero-order valence-corrected chi connectivity index (χ0v) is 15.3. The Labute approximate surface area is 152 Å². The van der Waals surface area contributed by atoms with E-state index in [-0.39, 0.29) is 0 Å². The molecule has 1 heterocycles. The van der Waals surface area contributed by atoms with Gasteiger partial charge in [0.15, 0.2) is 5.96 Å². The summed E-state index contributed by atoms with van der Waals surface area (Å²) < 4.78 is 10.3. The summed E-state index contributed by atoms with van der Waals surface area (Å²) in [7, 11) is 3.04. The number of carbonyl (C=O) groups is 1. The molecular formula is C18H22ClN3O3. The molecule has 0 saturated carbocycles. The molecule has 2 rings (SSSR count). The van der Waals surface area contributed by atoms with Gasteiger partial charge in [0.25, 0.3) is 0 Å². The second-order valence-electron chi connectivity index (χ2n) is 5.41. The number of esters is 1. The van der Waals surface area contributed by atoms with Gasteiger partial charge in [-0.25, -0.2) is 4.79 Å². The first-order valence-electron chi connectivity index (χ1n) is 7.90. The summed E-state index contributed by atoms with van der Waals surface area (Å²) >= 11 is 5.98. The topological polar surface area (TPSA) is 75.9 Å². The van der Waals surface area contributed by atoms with Crippen LogP contribution in [0.5, 0.6) is 0 Å². The predicted molar refractivity (Wildman–Crippen MR) is 98.1 cm³/mol. The molecule has 0 aliphatic rings. The second-order valence-corrected chi connectivity index (χ2v) is 5.84. The molecule has 2 aromatic rings. The van der Waals surface area contributed by atoms with Crippen LogP contribution in [0.25, 0.3) is 0 Å². The van der Waals surface area contributed by atoms with Gasteiger partial charge in [-0.2, -0.15) is 0 Å². The van der Waals surface area contributed by atoms with Gasteiger partial charge in [-0.15, -0.1) is 0 Å². The van der Waals surface area contributed by atoms with Crippen LogP contribution in [0.2, 0.25) is 5.02 Å². The summed E-state index contributed by atoms with van der Waals surface area (Å²) in [6.45, 7) is 2.85. The number of benzene rings is 1. The Hall–Kier alpha value is -2.47. The molecule has 2 N–H and O–H groups in total. The molecule has 6 nitrogen and oxygen atoms in total. The minimum atomic E-state index is -0.406. The first-order chi connectivity index (χ1) is 12.0. The van der Waals surface area contributed by atoms with Gasteiger partial charge in [0.1, 0.15) is 17.1 Å². The van der Waals surface area contributed by atoms with Gasteiger partial charge in [-0.1, -0.05) is 23.7 Å². The normalized spacial score (nSPS) is 11.3. The summed E-state index contributed by atoms with van der Waals surface area (Å²) in [4.78, 5) is 15.8. The van der Waals surface area contributed by atoms with Crippen LogP contribution in [0.4, 0.5) is 0 Å². The molecule has 0 amide bonds. The summed E-state index contributed by atoms with van der Waals surface area (Å²) in [6.07, 6.45) is 0.827. The number of hydrogen-bond acceptors (Lipinski definition) is 4. The average Bonchev–Trinajstić information content (AvgIpc) is 2.98. The van der Waals surface area contributed by atoms with Crippen molar-refractivity contribution in [3.05, 3.63) is 58.0 Å². The molecular weight excluding hydrogens is 342 g/mol. The fraction of sp³-hybridized carbons (Fsp3) is 0.333. The molecule has 0 aliphatic carbocycles. The van der Waals surface area contributed by atoms with Crippen molar-refractivity contribution >= 4 is 23.5 Å². The van der Waals surface area contributed by atoms with E-state index >= 15 is 0 Å². The number of nitrogens with one attached hydrogen (secondary N) is 2. The number of halogens is 1. The maximum absolute atomic E-state index is 11.6. The van der Waals surface area contributed by atoms with Crippen LogP contribution in [0.3, 0.4) is 0 Å². The number of ether oxygens (including phenoxy) is 1.